The molecular weight excluding hydrogens is 394 g/mol. The fraction of sp³-hybridized carbons (Fsp3) is 0.208. The van der Waals surface area contributed by atoms with Crippen LogP contribution in [0.15, 0.2) is 67.0 Å². The summed E-state index contributed by atoms with van der Waals surface area (Å²) in [7, 11) is 1.63. The first-order valence-corrected chi connectivity index (χ1v) is 10.7. The van der Waals surface area contributed by atoms with E-state index in [1.165, 1.54) is 16.9 Å². The molecule has 152 valence electrons. The summed E-state index contributed by atoms with van der Waals surface area (Å²) in [5.74, 6) is 0.708. The highest BCUT2D eigenvalue weighted by Gasteiger charge is 2.21. The number of aromatic nitrogens is 2. The Balaban J connectivity index is 1.67. The van der Waals surface area contributed by atoms with Gasteiger partial charge in [-0.2, -0.15) is 0 Å². The first kappa shape index (κ1) is 20.0. The first-order valence-electron chi connectivity index (χ1n) is 9.88. The Morgan fingerprint density at radius 3 is 2.53 bits per heavy atom. The molecule has 4 rings (SSSR count). The van der Waals surface area contributed by atoms with Gasteiger partial charge in [0.2, 0.25) is 5.91 Å². The molecule has 0 bridgehead atoms. The fourth-order valence-corrected chi connectivity index (χ4v) is 4.29. The largest absolute Gasteiger partial charge is 0.494 e. The lowest BCUT2D eigenvalue weighted by Crippen LogP contribution is -2.31. The number of para-hydroxylation sites is 1. The Kier molecular flexibility index (Phi) is 6.05. The topological polar surface area (TPSA) is 55.3 Å². The molecule has 4 aromatic rings. The molecule has 2 aromatic carbocycles. The number of methoxy groups -OCH3 is 1. The van der Waals surface area contributed by atoms with Crippen molar-refractivity contribution in [3.8, 4) is 5.75 Å². The Labute approximate surface area is 180 Å². The molecule has 0 saturated carbocycles. The van der Waals surface area contributed by atoms with Crippen LogP contribution in [0.2, 0.25) is 0 Å². The summed E-state index contributed by atoms with van der Waals surface area (Å²) < 4.78 is 6.43. The maximum atomic E-state index is 13.3. The zero-order valence-electron chi connectivity index (χ0n) is 17.0. The quantitative estimate of drug-likeness (QED) is 0.423. The number of amides is 1. The standard InChI is InChI=1S/C24H23N3O2S/c1-3-17-9-11-18(12-10-17)14-22(28)27(16-19-6-5-13-25-15-19)24-26-23-20(29-2)7-4-8-21(23)30-24/h4-13,15H,3,14,16H2,1-2H3. The van der Waals surface area contributed by atoms with E-state index in [4.69, 9.17) is 9.72 Å². The van der Waals surface area contributed by atoms with Gasteiger partial charge in [-0.1, -0.05) is 54.7 Å². The molecule has 0 unspecified atom stereocenters. The summed E-state index contributed by atoms with van der Waals surface area (Å²) in [5.41, 5.74) is 3.98. The molecule has 30 heavy (non-hydrogen) atoms. The molecule has 1 amide bonds. The van der Waals surface area contributed by atoms with Gasteiger partial charge in [-0.15, -0.1) is 0 Å². The van der Waals surface area contributed by atoms with Crippen molar-refractivity contribution in [1.82, 2.24) is 9.97 Å². The van der Waals surface area contributed by atoms with Crippen LogP contribution >= 0.6 is 11.3 Å². The van der Waals surface area contributed by atoms with E-state index in [1.807, 2.05) is 42.5 Å². The average molecular weight is 418 g/mol. The normalized spacial score (nSPS) is 10.9. The van der Waals surface area contributed by atoms with Gasteiger partial charge in [-0.05, 0) is 41.3 Å². The van der Waals surface area contributed by atoms with Gasteiger partial charge < -0.3 is 4.74 Å². The van der Waals surface area contributed by atoms with Gasteiger partial charge in [0.05, 0.1) is 24.8 Å². The number of ether oxygens (including phenoxy) is 1. The third-order valence-electron chi connectivity index (χ3n) is 4.97. The summed E-state index contributed by atoms with van der Waals surface area (Å²) in [6.45, 7) is 2.54. The van der Waals surface area contributed by atoms with Crippen molar-refractivity contribution in [2.24, 2.45) is 0 Å². The van der Waals surface area contributed by atoms with Crippen molar-refractivity contribution in [2.45, 2.75) is 26.3 Å². The molecule has 5 nitrogen and oxygen atoms in total. The number of rotatable bonds is 7. The third kappa shape index (κ3) is 4.33. The summed E-state index contributed by atoms with van der Waals surface area (Å²) in [6, 6.07) is 17.9. The van der Waals surface area contributed by atoms with Gasteiger partial charge in [0.1, 0.15) is 11.3 Å². The van der Waals surface area contributed by atoms with E-state index in [2.05, 4.69) is 24.0 Å². The number of hydrogen-bond donors (Lipinski definition) is 0. The van der Waals surface area contributed by atoms with E-state index in [1.54, 1.807) is 24.4 Å². The molecule has 2 heterocycles. The zero-order valence-corrected chi connectivity index (χ0v) is 17.9. The molecule has 0 saturated heterocycles. The molecule has 0 aliphatic heterocycles. The number of nitrogens with zero attached hydrogens (tertiary/aromatic N) is 3. The molecule has 0 aliphatic carbocycles. The molecule has 6 heteroatoms. The number of hydrogen-bond acceptors (Lipinski definition) is 5. The second-order valence-corrected chi connectivity index (χ2v) is 8.00. The number of aryl methyl sites for hydroxylation is 1. The lowest BCUT2D eigenvalue weighted by atomic mass is 10.1. The van der Waals surface area contributed by atoms with Crippen LogP contribution in [0.4, 0.5) is 5.13 Å². The van der Waals surface area contributed by atoms with E-state index in [9.17, 15) is 4.79 Å². The second-order valence-electron chi connectivity index (χ2n) is 6.99. The second kappa shape index (κ2) is 9.05. The molecular formula is C24H23N3O2S. The van der Waals surface area contributed by atoms with Crippen molar-refractivity contribution in [3.05, 3.63) is 83.7 Å². The van der Waals surface area contributed by atoms with Crippen LogP contribution in [-0.2, 0) is 24.2 Å². The molecule has 0 fully saturated rings. The van der Waals surface area contributed by atoms with Gasteiger partial charge >= 0.3 is 0 Å². The summed E-state index contributed by atoms with van der Waals surface area (Å²) in [6.07, 6.45) is 4.81. The first-order chi connectivity index (χ1) is 14.7. The molecule has 0 N–H and O–H groups in total. The Hall–Kier alpha value is -3.25. The van der Waals surface area contributed by atoms with Crippen LogP contribution < -0.4 is 9.64 Å². The number of anilines is 1. The van der Waals surface area contributed by atoms with Crippen LogP contribution in [0.5, 0.6) is 5.75 Å². The zero-order chi connectivity index (χ0) is 20.9. The van der Waals surface area contributed by atoms with Crippen molar-refractivity contribution in [1.29, 1.82) is 0 Å². The third-order valence-corrected chi connectivity index (χ3v) is 6.02. The minimum Gasteiger partial charge on any atom is -0.494 e. The minimum absolute atomic E-state index is 0.00104. The fourth-order valence-electron chi connectivity index (χ4n) is 3.29. The molecule has 0 spiro atoms. The Morgan fingerprint density at radius 2 is 1.83 bits per heavy atom. The summed E-state index contributed by atoms with van der Waals surface area (Å²) >= 11 is 1.49. The van der Waals surface area contributed by atoms with E-state index in [0.29, 0.717) is 23.8 Å². The average Bonchev–Trinajstić information content (AvgIpc) is 3.22. The van der Waals surface area contributed by atoms with Crippen LogP contribution in [-0.4, -0.2) is 23.0 Å². The number of pyridine rings is 1. The van der Waals surface area contributed by atoms with Gasteiger partial charge in [-0.3, -0.25) is 14.7 Å². The van der Waals surface area contributed by atoms with E-state index < -0.39 is 0 Å². The maximum absolute atomic E-state index is 13.3. The highest BCUT2D eigenvalue weighted by atomic mass is 32.1. The predicted molar refractivity (Wildman–Crippen MR) is 121 cm³/mol. The van der Waals surface area contributed by atoms with Crippen LogP contribution in [0, 0.1) is 0 Å². The number of carbonyl (C=O) groups excluding carboxylic acids is 1. The van der Waals surface area contributed by atoms with Gasteiger partial charge in [-0.25, -0.2) is 4.98 Å². The maximum Gasteiger partial charge on any atom is 0.233 e. The van der Waals surface area contributed by atoms with Gasteiger partial charge in [0.15, 0.2) is 5.13 Å². The van der Waals surface area contributed by atoms with Crippen molar-refractivity contribution in [3.63, 3.8) is 0 Å². The van der Waals surface area contributed by atoms with Gasteiger partial charge in [0, 0.05) is 12.4 Å². The van der Waals surface area contributed by atoms with Crippen LogP contribution in [0.25, 0.3) is 10.2 Å². The predicted octanol–water partition coefficient (Wildman–Crippen LogP) is 5.04. The lowest BCUT2D eigenvalue weighted by molar-refractivity contribution is -0.118. The minimum atomic E-state index is 0.00104. The lowest BCUT2D eigenvalue weighted by Gasteiger charge is -2.20. The Bertz CT molecular complexity index is 1140. The highest BCUT2D eigenvalue weighted by Crippen LogP contribution is 2.34. The monoisotopic (exact) mass is 417 g/mol. The van der Waals surface area contributed by atoms with Crippen LogP contribution in [0.1, 0.15) is 23.6 Å². The van der Waals surface area contributed by atoms with E-state index in [0.717, 1.165) is 27.8 Å². The van der Waals surface area contributed by atoms with Crippen molar-refractivity contribution in [2.75, 3.05) is 12.0 Å². The summed E-state index contributed by atoms with van der Waals surface area (Å²) in [5, 5.41) is 0.661. The molecule has 0 atom stereocenters. The molecule has 0 radical (unpaired) electrons. The number of carbonyl (C=O) groups is 1. The van der Waals surface area contributed by atoms with Crippen molar-refractivity contribution < 1.29 is 9.53 Å². The highest BCUT2D eigenvalue weighted by molar-refractivity contribution is 7.22. The van der Waals surface area contributed by atoms with E-state index in [-0.39, 0.29) is 5.91 Å². The smallest absolute Gasteiger partial charge is 0.233 e. The Morgan fingerprint density at radius 1 is 1.03 bits per heavy atom. The van der Waals surface area contributed by atoms with E-state index >= 15 is 0 Å². The molecule has 0 aliphatic rings. The van der Waals surface area contributed by atoms with Crippen molar-refractivity contribution >= 4 is 32.6 Å². The number of benzene rings is 2. The summed E-state index contributed by atoms with van der Waals surface area (Å²) in [4.78, 5) is 24.0. The SMILES string of the molecule is CCc1ccc(CC(=O)N(Cc2cccnc2)c2nc3c(OC)cccc3s2)cc1. The molecule has 2 aromatic heterocycles. The van der Waals surface area contributed by atoms with Gasteiger partial charge in [0.25, 0.3) is 0 Å². The van der Waals surface area contributed by atoms with Crippen LogP contribution in [0.3, 0.4) is 0 Å². The number of thiazole rings is 1. The number of fused-ring (bicyclic) bond motifs is 1.